The number of carbonyl (C=O) groups excluding carboxylic acids is 3. The molecule has 0 bridgehead atoms. The third-order valence-corrected chi connectivity index (χ3v) is 9.63. The fraction of sp³-hybridized carbons (Fsp3) is 0.554. The maximum Gasteiger partial charge on any atom is 0.306 e. The summed E-state index contributed by atoms with van der Waals surface area (Å²) in [7, 11) is 0. The lowest BCUT2D eigenvalue weighted by molar-refractivity contribution is -0.167. The van der Waals surface area contributed by atoms with Gasteiger partial charge in [0.1, 0.15) is 13.2 Å². The lowest BCUT2D eigenvalue weighted by atomic mass is 10.1. The molecule has 62 heavy (non-hydrogen) atoms. The van der Waals surface area contributed by atoms with E-state index in [0.717, 1.165) is 70.6 Å². The molecule has 0 heterocycles. The molecule has 0 aromatic rings. The second-order valence-corrected chi connectivity index (χ2v) is 15.5. The number of ether oxygens (including phenoxy) is 3. The van der Waals surface area contributed by atoms with Crippen LogP contribution in [0.5, 0.6) is 0 Å². The van der Waals surface area contributed by atoms with E-state index in [0.29, 0.717) is 19.3 Å². The fourth-order valence-electron chi connectivity index (χ4n) is 6.02. The molecular weight excluding hydrogens is 769 g/mol. The number of unbranched alkanes of at least 4 members (excludes halogenated alkanes) is 16. The molecule has 0 saturated carbocycles. The molecule has 0 fully saturated rings. The molecule has 0 aliphatic rings. The first-order valence-corrected chi connectivity index (χ1v) is 24.3. The first-order chi connectivity index (χ1) is 30.5. The summed E-state index contributed by atoms with van der Waals surface area (Å²) in [6, 6.07) is 0. The van der Waals surface area contributed by atoms with E-state index in [1.54, 1.807) is 0 Å². The van der Waals surface area contributed by atoms with E-state index in [1.807, 2.05) is 103 Å². The SMILES string of the molecule is CC/C=C/C=C/C=C/C=C/C=C/CCCCCC(=O)OC(COC(=O)CCC/C=C/C=C/C=C/C=C/C=C/CC)COC(=O)CCCCCCC/C=C/CCCCCCCCC. The summed E-state index contributed by atoms with van der Waals surface area (Å²) in [5.41, 5.74) is 0. The summed E-state index contributed by atoms with van der Waals surface area (Å²) in [4.78, 5) is 37.9. The van der Waals surface area contributed by atoms with Crippen molar-refractivity contribution in [2.45, 2.75) is 187 Å². The van der Waals surface area contributed by atoms with Crippen LogP contribution in [0.4, 0.5) is 0 Å². The van der Waals surface area contributed by atoms with Crippen LogP contribution in [0.3, 0.4) is 0 Å². The van der Waals surface area contributed by atoms with Crippen molar-refractivity contribution < 1.29 is 28.6 Å². The minimum atomic E-state index is -0.836. The van der Waals surface area contributed by atoms with Crippen molar-refractivity contribution in [1.29, 1.82) is 0 Å². The Balaban J connectivity index is 4.60. The van der Waals surface area contributed by atoms with Crippen molar-refractivity contribution in [3.8, 4) is 0 Å². The van der Waals surface area contributed by atoms with Crippen LogP contribution in [0.25, 0.3) is 0 Å². The summed E-state index contributed by atoms with van der Waals surface area (Å²) < 4.78 is 16.6. The van der Waals surface area contributed by atoms with Gasteiger partial charge in [0.05, 0.1) is 0 Å². The Labute approximate surface area is 379 Å². The third-order valence-electron chi connectivity index (χ3n) is 9.63. The molecule has 346 valence electrons. The smallest absolute Gasteiger partial charge is 0.306 e. The highest BCUT2D eigenvalue weighted by atomic mass is 16.6. The number of rotatable bonds is 41. The maximum atomic E-state index is 12.8. The maximum absolute atomic E-state index is 12.8. The predicted molar refractivity (Wildman–Crippen MR) is 265 cm³/mol. The summed E-state index contributed by atoms with van der Waals surface area (Å²) in [5.74, 6) is -1.07. The Morgan fingerprint density at radius 1 is 0.339 bits per heavy atom. The highest BCUT2D eigenvalue weighted by Gasteiger charge is 2.19. The van der Waals surface area contributed by atoms with E-state index in [-0.39, 0.29) is 44.0 Å². The van der Waals surface area contributed by atoms with Crippen LogP contribution < -0.4 is 0 Å². The van der Waals surface area contributed by atoms with E-state index in [2.05, 4.69) is 51.2 Å². The third kappa shape index (κ3) is 46.6. The highest BCUT2D eigenvalue weighted by Crippen LogP contribution is 2.12. The molecule has 0 aromatic heterocycles. The second-order valence-electron chi connectivity index (χ2n) is 15.5. The van der Waals surface area contributed by atoms with Gasteiger partial charge in [-0.2, -0.15) is 0 Å². The molecule has 6 heteroatoms. The Morgan fingerprint density at radius 2 is 0.661 bits per heavy atom. The van der Waals surface area contributed by atoms with E-state index in [4.69, 9.17) is 14.2 Å². The van der Waals surface area contributed by atoms with Crippen molar-refractivity contribution in [2.24, 2.45) is 0 Å². The number of hydrogen-bond donors (Lipinski definition) is 0. The Hall–Kier alpha value is -4.45. The van der Waals surface area contributed by atoms with Crippen LogP contribution in [0.2, 0.25) is 0 Å². The lowest BCUT2D eigenvalue weighted by Gasteiger charge is -2.18. The molecule has 0 saturated heterocycles. The highest BCUT2D eigenvalue weighted by molar-refractivity contribution is 5.71. The quantitative estimate of drug-likeness (QED) is 0.0200. The first-order valence-electron chi connectivity index (χ1n) is 24.3. The second kappa shape index (κ2) is 49.2. The van der Waals surface area contributed by atoms with Crippen LogP contribution in [0.1, 0.15) is 181 Å². The van der Waals surface area contributed by atoms with Gasteiger partial charge in [-0.1, -0.05) is 219 Å². The van der Waals surface area contributed by atoms with Gasteiger partial charge in [0, 0.05) is 19.3 Å². The van der Waals surface area contributed by atoms with E-state index >= 15 is 0 Å². The predicted octanol–water partition coefficient (Wildman–Crippen LogP) is 15.9. The van der Waals surface area contributed by atoms with Crippen LogP contribution in [-0.2, 0) is 28.6 Å². The molecule has 1 unspecified atom stereocenters. The standard InChI is InChI=1S/C56H86O6/c1-4-7-10-13-16-19-22-25-27-29-31-34-37-40-43-46-49-55(58)61-52-53(51-60-54(57)48-45-42-39-36-33-30-24-21-18-15-12-9-6-3)62-56(59)50-47-44-41-38-35-32-28-26-23-20-17-14-11-8-5-2/h8-9,11-12,14-15,17-18,20-21,23-24,26-30,32-33,35-36,39,53H,4-7,10,13,16,19,22,25,31,34,37-38,40-52H2,1-3H3/b11-8+,12-9+,17-14+,18-15+,23-20+,24-21+,28-26+,29-27+,33-30+,35-32+,39-36+. The van der Waals surface area contributed by atoms with Crippen LogP contribution in [0, 0.1) is 0 Å². The number of esters is 3. The van der Waals surface area contributed by atoms with Crippen molar-refractivity contribution in [1.82, 2.24) is 0 Å². The minimum Gasteiger partial charge on any atom is -0.462 e. The molecular formula is C56H86O6. The minimum absolute atomic E-state index is 0.127. The molecule has 0 aliphatic carbocycles. The molecule has 0 N–H and O–H groups in total. The van der Waals surface area contributed by atoms with E-state index in [1.165, 1.54) is 57.8 Å². The number of allylic oxidation sites excluding steroid dienone is 22. The van der Waals surface area contributed by atoms with Gasteiger partial charge in [-0.3, -0.25) is 14.4 Å². The Morgan fingerprint density at radius 3 is 1.11 bits per heavy atom. The van der Waals surface area contributed by atoms with Crippen LogP contribution in [0.15, 0.2) is 134 Å². The van der Waals surface area contributed by atoms with Crippen molar-refractivity contribution in [3.05, 3.63) is 134 Å². The largest absolute Gasteiger partial charge is 0.462 e. The van der Waals surface area contributed by atoms with Crippen molar-refractivity contribution in [3.63, 3.8) is 0 Å². The normalized spacial score (nSPS) is 13.3. The average Bonchev–Trinajstić information content (AvgIpc) is 3.27. The summed E-state index contributed by atoms with van der Waals surface area (Å²) in [5, 5.41) is 0. The molecule has 0 rings (SSSR count). The average molecular weight is 855 g/mol. The topological polar surface area (TPSA) is 78.9 Å². The zero-order valence-electron chi connectivity index (χ0n) is 39.3. The molecule has 0 spiro atoms. The molecule has 1 atom stereocenters. The van der Waals surface area contributed by atoms with Gasteiger partial charge < -0.3 is 14.2 Å². The van der Waals surface area contributed by atoms with Gasteiger partial charge in [-0.25, -0.2) is 0 Å². The zero-order chi connectivity index (χ0) is 45.1. The monoisotopic (exact) mass is 855 g/mol. The first kappa shape index (κ1) is 57.5. The Bertz CT molecular complexity index is 1400. The van der Waals surface area contributed by atoms with Gasteiger partial charge >= 0.3 is 17.9 Å². The van der Waals surface area contributed by atoms with E-state index < -0.39 is 6.10 Å². The fourth-order valence-corrected chi connectivity index (χ4v) is 6.02. The summed E-state index contributed by atoms with van der Waals surface area (Å²) in [6.45, 7) is 6.21. The molecule has 0 radical (unpaired) electrons. The molecule has 0 amide bonds. The van der Waals surface area contributed by atoms with Crippen molar-refractivity contribution >= 4 is 17.9 Å². The van der Waals surface area contributed by atoms with Gasteiger partial charge in [-0.05, 0) is 77.0 Å². The zero-order valence-corrected chi connectivity index (χ0v) is 39.3. The lowest BCUT2D eigenvalue weighted by Crippen LogP contribution is -2.30. The van der Waals surface area contributed by atoms with Gasteiger partial charge in [0.2, 0.25) is 0 Å². The Kier molecular flexibility index (Phi) is 45.7. The van der Waals surface area contributed by atoms with Gasteiger partial charge in [0.25, 0.3) is 0 Å². The summed E-state index contributed by atoms with van der Waals surface area (Å²) in [6.07, 6.45) is 68.7. The number of carbonyl (C=O) groups is 3. The molecule has 0 aromatic carbocycles. The van der Waals surface area contributed by atoms with Crippen LogP contribution >= 0.6 is 0 Å². The van der Waals surface area contributed by atoms with Crippen molar-refractivity contribution in [2.75, 3.05) is 13.2 Å². The van der Waals surface area contributed by atoms with Gasteiger partial charge in [0.15, 0.2) is 6.10 Å². The van der Waals surface area contributed by atoms with Gasteiger partial charge in [-0.15, -0.1) is 0 Å². The number of hydrogen-bond acceptors (Lipinski definition) is 6. The van der Waals surface area contributed by atoms with Crippen LogP contribution in [-0.4, -0.2) is 37.2 Å². The summed E-state index contributed by atoms with van der Waals surface area (Å²) >= 11 is 0. The van der Waals surface area contributed by atoms with E-state index in [9.17, 15) is 14.4 Å². The molecule has 6 nitrogen and oxygen atoms in total. The molecule has 0 aliphatic heterocycles.